The second-order valence-electron chi connectivity index (χ2n) is 4.70. The summed E-state index contributed by atoms with van der Waals surface area (Å²) in [7, 11) is 0. The molecule has 2 rings (SSSR count). The highest BCUT2D eigenvalue weighted by atomic mass is 16.3. The van der Waals surface area contributed by atoms with Crippen molar-refractivity contribution in [2.45, 2.75) is 38.7 Å². The van der Waals surface area contributed by atoms with Gasteiger partial charge in [-0.15, -0.1) is 0 Å². The fourth-order valence-corrected chi connectivity index (χ4v) is 2.29. The lowest BCUT2D eigenvalue weighted by Gasteiger charge is -2.29. The summed E-state index contributed by atoms with van der Waals surface area (Å²) in [6.45, 7) is 3.44. The number of rotatable bonds is 2. The second kappa shape index (κ2) is 3.89. The number of hydrogen-bond acceptors (Lipinski definition) is 2. The Morgan fingerprint density at radius 1 is 1.43 bits per heavy atom. The van der Waals surface area contributed by atoms with Gasteiger partial charge in [0.2, 0.25) is 5.91 Å². The number of carbonyl (C=O) groups is 1. The predicted molar refractivity (Wildman–Crippen MR) is 53.7 cm³/mol. The fraction of sp³-hybridized carbons (Fsp3) is 0.909. The normalized spacial score (nSPS) is 30.1. The molecule has 0 radical (unpaired) electrons. The smallest absolute Gasteiger partial charge is 0.225 e. The molecule has 80 valence electrons. The van der Waals surface area contributed by atoms with Gasteiger partial charge in [0.1, 0.15) is 0 Å². The Morgan fingerprint density at radius 3 is 2.57 bits per heavy atom. The van der Waals surface area contributed by atoms with Crippen LogP contribution in [0.25, 0.3) is 0 Å². The first-order chi connectivity index (χ1) is 6.68. The van der Waals surface area contributed by atoms with E-state index in [0.717, 1.165) is 32.4 Å². The van der Waals surface area contributed by atoms with E-state index in [0.29, 0.717) is 17.7 Å². The van der Waals surface area contributed by atoms with E-state index >= 15 is 0 Å². The van der Waals surface area contributed by atoms with Gasteiger partial charge >= 0.3 is 0 Å². The SMILES string of the molecule is CC(O)C1CCN(C(=O)C2CCC2)C1. The second-order valence-corrected chi connectivity index (χ2v) is 4.70. The maximum Gasteiger partial charge on any atom is 0.225 e. The Morgan fingerprint density at radius 2 is 2.14 bits per heavy atom. The molecule has 1 saturated carbocycles. The Balaban J connectivity index is 1.85. The molecule has 1 aliphatic carbocycles. The molecule has 3 nitrogen and oxygen atoms in total. The van der Waals surface area contributed by atoms with Crippen LogP contribution < -0.4 is 0 Å². The molecular weight excluding hydrogens is 178 g/mol. The van der Waals surface area contributed by atoms with Gasteiger partial charge in [0.25, 0.3) is 0 Å². The molecule has 0 aromatic rings. The fourth-order valence-electron chi connectivity index (χ4n) is 2.29. The predicted octanol–water partition coefficient (Wildman–Crippen LogP) is 1.02. The van der Waals surface area contributed by atoms with Crippen LogP contribution in [0, 0.1) is 11.8 Å². The van der Waals surface area contributed by atoms with Crippen molar-refractivity contribution in [3.05, 3.63) is 0 Å². The van der Waals surface area contributed by atoms with Gasteiger partial charge in [0.05, 0.1) is 6.10 Å². The molecule has 2 aliphatic rings. The zero-order valence-electron chi connectivity index (χ0n) is 8.78. The number of hydrogen-bond donors (Lipinski definition) is 1. The van der Waals surface area contributed by atoms with Crippen LogP contribution in [0.3, 0.4) is 0 Å². The monoisotopic (exact) mass is 197 g/mol. The molecule has 0 aromatic carbocycles. The summed E-state index contributed by atoms with van der Waals surface area (Å²) < 4.78 is 0. The Bertz CT molecular complexity index is 223. The highest BCUT2D eigenvalue weighted by Crippen LogP contribution is 2.30. The van der Waals surface area contributed by atoms with E-state index in [2.05, 4.69) is 0 Å². The van der Waals surface area contributed by atoms with E-state index < -0.39 is 0 Å². The van der Waals surface area contributed by atoms with Gasteiger partial charge in [-0.2, -0.15) is 0 Å². The van der Waals surface area contributed by atoms with E-state index in [9.17, 15) is 9.90 Å². The summed E-state index contributed by atoms with van der Waals surface area (Å²) in [6.07, 6.45) is 4.07. The van der Waals surface area contributed by atoms with Gasteiger partial charge in [-0.25, -0.2) is 0 Å². The first-order valence-electron chi connectivity index (χ1n) is 5.65. The molecule has 1 N–H and O–H groups in total. The molecular formula is C11H19NO2. The number of aliphatic hydroxyl groups excluding tert-OH is 1. The van der Waals surface area contributed by atoms with Crippen molar-refractivity contribution in [3.8, 4) is 0 Å². The lowest BCUT2D eigenvalue weighted by atomic mass is 9.84. The number of nitrogens with zero attached hydrogens (tertiary/aromatic N) is 1. The number of amides is 1. The van der Waals surface area contributed by atoms with Crippen molar-refractivity contribution in [3.63, 3.8) is 0 Å². The van der Waals surface area contributed by atoms with Crippen molar-refractivity contribution >= 4 is 5.91 Å². The van der Waals surface area contributed by atoms with Crippen LogP contribution >= 0.6 is 0 Å². The van der Waals surface area contributed by atoms with Gasteiger partial charge in [-0.3, -0.25) is 4.79 Å². The maximum absolute atomic E-state index is 11.8. The molecule has 0 spiro atoms. The minimum Gasteiger partial charge on any atom is -0.393 e. The van der Waals surface area contributed by atoms with E-state index in [1.54, 1.807) is 0 Å². The van der Waals surface area contributed by atoms with Crippen LogP contribution in [0.5, 0.6) is 0 Å². The highest BCUT2D eigenvalue weighted by Gasteiger charge is 2.34. The van der Waals surface area contributed by atoms with Crippen LogP contribution in [0.15, 0.2) is 0 Å². The van der Waals surface area contributed by atoms with Crippen LogP contribution in [0.4, 0.5) is 0 Å². The average molecular weight is 197 g/mol. The van der Waals surface area contributed by atoms with Crippen molar-refractivity contribution in [1.29, 1.82) is 0 Å². The molecule has 2 fully saturated rings. The number of aliphatic hydroxyl groups is 1. The molecule has 2 unspecified atom stereocenters. The van der Waals surface area contributed by atoms with Crippen LogP contribution in [0.2, 0.25) is 0 Å². The van der Waals surface area contributed by atoms with Crippen LogP contribution in [-0.4, -0.2) is 35.1 Å². The Labute approximate surface area is 85.1 Å². The molecule has 14 heavy (non-hydrogen) atoms. The third kappa shape index (κ3) is 1.78. The number of likely N-dealkylation sites (tertiary alicyclic amines) is 1. The van der Waals surface area contributed by atoms with Gasteiger partial charge in [-0.05, 0) is 26.2 Å². The van der Waals surface area contributed by atoms with E-state index in [-0.39, 0.29) is 6.10 Å². The van der Waals surface area contributed by atoms with Crippen molar-refractivity contribution in [2.24, 2.45) is 11.8 Å². The lowest BCUT2D eigenvalue weighted by molar-refractivity contribution is -0.137. The molecule has 1 amide bonds. The molecule has 1 heterocycles. The number of carbonyl (C=O) groups excluding carboxylic acids is 1. The van der Waals surface area contributed by atoms with Crippen LogP contribution in [-0.2, 0) is 4.79 Å². The van der Waals surface area contributed by atoms with Crippen molar-refractivity contribution < 1.29 is 9.90 Å². The van der Waals surface area contributed by atoms with E-state index in [1.807, 2.05) is 11.8 Å². The third-order valence-corrected chi connectivity index (χ3v) is 3.67. The van der Waals surface area contributed by atoms with E-state index in [4.69, 9.17) is 0 Å². The summed E-state index contributed by atoms with van der Waals surface area (Å²) >= 11 is 0. The first kappa shape index (κ1) is 9.97. The largest absolute Gasteiger partial charge is 0.393 e. The average Bonchev–Trinajstić information content (AvgIpc) is 2.48. The minimum absolute atomic E-state index is 0.269. The molecule has 0 bridgehead atoms. The third-order valence-electron chi connectivity index (χ3n) is 3.67. The van der Waals surface area contributed by atoms with Gasteiger partial charge in [-0.1, -0.05) is 6.42 Å². The maximum atomic E-state index is 11.8. The summed E-state index contributed by atoms with van der Waals surface area (Å²) in [5.74, 6) is 0.946. The first-order valence-corrected chi connectivity index (χ1v) is 5.65. The summed E-state index contributed by atoms with van der Waals surface area (Å²) in [5, 5.41) is 9.42. The zero-order valence-corrected chi connectivity index (χ0v) is 8.78. The Kier molecular flexibility index (Phi) is 2.77. The molecule has 1 saturated heterocycles. The zero-order chi connectivity index (χ0) is 10.1. The summed E-state index contributed by atoms with van der Waals surface area (Å²) in [6, 6.07) is 0. The topological polar surface area (TPSA) is 40.5 Å². The van der Waals surface area contributed by atoms with E-state index in [1.165, 1.54) is 6.42 Å². The van der Waals surface area contributed by atoms with Gasteiger partial charge in [0, 0.05) is 24.9 Å². The van der Waals surface area contributed by atoms with Crippen molar-refractivity contribution in [1.82, 2.24) is 4.90 Å². The standard InChI is InChI=1S/C11H19NO2/c1-8(13)10-5-6-12(7-10)11(14)9-3-2-4-9/h8-10,13H,2-7H2,1H3. The summed E-state index contributed by atoms with van der Waals surface area (Å²) in [5.41, 5.74) is 0. The molecule has 1 aliphatic heterocycles. The lowest BCUT2D eigenvalue weighted by Crippen LogP contribution is -2.38. The molecule has 2 atom stereocenters. The van der Waals surface area contributed by atoms with Crippen molar-refractivity contribution in [2.75, 3.05) is 13.1 Å². The quantitative estimate of drug-likeness (QED) is 0.718. The van der Waals surface area contributed by atoms with Gasteiger partial charge in [0.15, 0.2) is 0 Å². The summed E-state index contributed by atoms with van der Waals surface area (Å²) in [4.78, 5) is 13.8. The highest BCUT2D eigenvalue weighted by molar-refractivity contribution is 5.79. The molecule has 0 aromatic heterocycles. The van der Waals surface area contributed by atoms with Crippen LogP contribution in [0.1, 0.15) is 32.6 Å². The minimum atomic E-state index is -0.269. The molecule has 3 heteroatoms. The van der Waals surface area contributed by atoms with Gasteiger partial charge < -0.3 is 10.0 Å². The Hall–Kier alpha value is -0.570.